The van der Waals surface area contributed by atoms with Gasteiger partial charge in [0.1, 0.15) is 30.0 Å². The highest BCUT2D eigenvalue weighted by Crippen LogP contribution is 2.22. The van der Waals surface area contributed by atoms with E-state index >= 15 is 0 Å². The van der Waals surface area contributed by atoms with Gasteiger partial charge in [0, 0.05) is 0 Å². The van der Waals surface area contributed by atoms with E-state index in [1.54, 1.807) is 6.07 Å². The minimum absolute atomic E-state index is 0.0312. The predicted octanol–water partition coefficient (Wildman–Crippen LogP) is 1.58. The van der Waals surface area contributed by atoms with E-state index in [0.29, 0.717) is 5.69 Å². The lowest BCUT2D eigenvalue weighted by molar-refractivity contribution is -0.113. The van der Waals surface area contributed by atoms with Crippen molar-refractivity contribution in [3.63, 3.8) is 0 Å². The summed E-state index contributed by atoms with van der Waals surface area (Å²) >= 11 is 5.36. The van der Waals surface area contributed by atoms with Crippen molar-refractivity contribution in [1.29, 1.82) is 0 Å². The van der Waals surface area contributed by atoms with Crippen LogP contribution in [0, 0.1) is 5.82 Å². The van der Waals surface area contributed by atoms with Gasteiger partial charge in [-0.05, 0) is 12.1 Å². The molecule has 0 fully saturated rings. The number of para-hydroxylation sites is 1. The normalized spacial score (nSPS) is 10.2. The average molecular weight is 255 g/mol. The molecular weight excluding hydrogens is 247 g/mol. The molecule has 0 radical (unpaired) electrons. The van der Waals surface area contributed by atoms with Crippen molar-refractivity contribution >= 4 is 23.2 Å². The van der Waals surface area contributed by atoms with Crippen molar-refractivity contribution in [2.45, 2.75) is 0 Å². The zero-order chi connectivity index (χ0) is 12.3. The Morgan fingerprint density at radius 2 is 2.35 bits per heavy atom. The van der Waals surface area contributed by atoms with Gasteiger partial charge in [0.25, 0.3) is 0 Å². The van der Waals surface area contributed by atoms with Crippen molar-refractivity contribution in [3.05, 3.63) is 36.7 Å². The summed E-state index contributed by atoms with van der Waals surface area (Å²) in [4.78, 5) is 15.0. The molecule has 0 saturated heterocycles. The summed E-state index contributed by atoms with van der Waals surface area (Å²) < 4.78 is 15.0. The van der Waals surface area contributed by atoms with Crippen LogP contribution in [0.5, 0.6) is 0 Å². The van der Waals surface area contributed by atoms with Gasteiger partial charge in [-0.2, -0.15) is 5.10 Å². The lowest BCUT2D eigenvalue weighted by Gasteiger charge is -2.10. The monoisotopic (exact) mass is 254 g/mol. The number of nitrogens with one attached hydrogen (secondary N) is 1. The molecule has 0 aliphatic heterocycles. The molecular formula is C10H8ClFN4O. The van der Waals surface area contributed by atoms with Crippen LogP contribution in [0.2, 0.25) is 0 Å². The first kappa shape index (κ1) is 11.5. The topological polar surface area (TPSA) is 59.8 Å². The van der Waals surface area contributed by atoms with E-state index in [-0.39, 0.29) is 11.6 Å². The first-order chi connectivity index (χ1) is 8.22. The number of rotatable bonds is 3. The van der Waals surface area contributed by atoms with Crippen LogP contribution in [0.1, 0.15) is 0 Å². The fraction of sp³-hybridized carbons (Fsp3) is 0.100. The van der Waals surface area contributed by atoms with Crippen LogP contribution in [-0.2, 0) is 4.79 Å². The minimum atomic E-state index is -0.559. The van der Waals surface area contributed by atoms with Crippen LogP contribution in [-0.4, -0.2) is 26.6 Å². The Bertz CT molecular complexity index is 529. The van der Waals surface area contributed by atoms with E-state index in [2.05, 4.69) is 15.4 Å². The second-order valence-corrected chi connectivity index (χ2v) is 3.42. The molecule has 1 amide bonds. The van der Waals surface area contributed by atoms with Gasteiger partial charge in [-0.1, -0.05) is 6.07 Å². The molecule has 0 saturated carbocycles. The van der Waals surface area contributed by atoms with Gasteiger partial charge in [0.05, 0.1) is 5.69 Å². The van der Waals surface area contributed by atoms with Gasteiger partial charge < -0.3 is 5.32 Å². The number of alkyl halides is 1. The third-order valence-electron chi connectivity index (χ3n) is 2.04. The summed E-state index contributed by atoms with van der Waals surface area (Å²) in [7, 11) is 0. The first-order valence-corrected chi connectivity index (χ1v) is 5.25. The Balaban J connectivity index is 2.45. The van der Waals surface area contributed by atoms with Crippen molar-refractivity contribution in [1.82, 2.24) is 14.8 Å². The SMILES string of the molecule is O=C(CCl)Nc1c(F)cccc1-n1cncn1. The van der Waals surface area contributed by atoms with Crippen molar-refractivity contribution in [2.75, 3.05) is 11.2 Å². The standard InChI is InChI=1S/C10H8ClFN4O/c11-4-9(17)15-10-7(12)2-1-3-8(10)16-6-13-5-14-16/h1-3,5-6H,4H2,(H,15,17). The van der Waals surface area contributed by atoms with Gasteiger partial charge >= 0.3 is 0 Å². The summed E-state index contributed by atoms with van der Waals surface area (Å²) in [5.41, 5.74) is 0.421. The third-order valence-corrected chi connectivity index (χ3v) is 2.29. The Morgan fingerprint density at radius 1 is 1.53 bits per heavy atom. The fourth-order valence-electron chi connectivity index (χ4n) is 1.33. The largest absolute Gasteiger partial charge is 0.321 e. The van der Waals surface area contributed by atoms with Gasteiger partial charge in [-0.15, -0.1) is 11.6 Å². The molecule has 88 valence electrons. The summed E-state index contributed by atoms with van der Waals surface area (Å²) in [5, 5.41) is 6.26. The fourth-order valence-corrected chi connectivity index (χ4v) is 1.40. The molecule has 7 heteroatoms. The molecule has 1 aromatic carbocycles. The molecule has 2 rings (SSSR count). The molecule has 1 N–H and O–H groups in total. The molecule has 0 aliphatic carbocycles. The summed E-state index contributed by atoms with van der Waals surface area (Å²) in [6.07, 6.45) is 2.73. The van der Waals surface area contributed by atoms with Crippen LogP contribution in [0.4, 0.5) is 10.1 Å². The van der Waals surface area contributed by atoms with E-state index in [4.69, 9.17) is 11.6 Å². The molecule has 0 aliphatic rings. The molecule has 17 heavy (non-hydrogen) atoms. The highest BCUT2D eigenvalue weighted by atomic mass is 35.5. The quantitative estimate of drug-likeness (QED) is 0.846. The predicted molar refractivity (Wildman–Crippen MR) is 60.7 cm³/mol. The molecule has 2 aromatic rings. The Morgan fingerprint density at radius 3 is 3.00 bits per heavy atom. The number of carbonyl (C=O) groups excluding carboxylic acids is 1. The Kier molecular flexibility index (Phi) is 3.34. The number of carbonyl (C=O) groups is 1. The number of hydrogen-bond acceptors (Lipinski definition) is 3. The lowest BCUT2D eigenvalue weighted by atomic mass is 10.2. The molecule has 1 heterocycles. The summed E-state index contributed by atoms with van der Waals surface area (Å²) in [6, 6.07) is 4.37. The van der Waals surface area contributed by atoms with Crippen LogP contribution in [0.15, 0.2) is 30.9 Å². The van der Waals surface area contributed by atoms with Crippen molar-refractivity contribution in [3.8, 4) is 5.69 Å². The molecule has 0 unspecified atom stereocenters. The number of amides is 1. The number of nitrogens with zero attached hydrogens (tertiary/aromatic N) is 3. The molecule has 0 atom stereocenters. The van der Waals surface area contributed by atoms with Crippen molar-refractivity contribution in [2.24, 2.45) is 0 Å². The smallest absolute Gasteiger partial charge is 0.239 e. The average Bonchev–Trinajstić information content (AvgIpc) is 2.85. The van der Waals surface area contributed by atoms with E-state index in [1.165, 1.54) is 29.5 Å². The Hall–Kier alpha value is -1.95. The maximum Gasteiger partial charge on any atom is 0.239 e. The molecule has 0 spiro atoms. The van der Waals surface area contributed by atoms with Crippen molar-refractivity contribution < 1.29 is 9.18 Å². The van der Waals surface area contributed by atoms with Gasteiger partial charge in [-0.3, -0.25) is 4.79 Å². The summed E-state index contributed by atoms with van der Waals surface area (Å²) in [5.74, 6) is -1.29. The second-order valence-electron chi connectivity index (χ2n) is 3.16. The maximum absolute atomic E-state index is 13.6. The maximum atomic E-state index is 13.6. The molecule has 5 nitrogen and oxygen atoms in total. The molecule has 0 bridgehead atoms. The number of anilines is 1. The number of benzene rings is 1. The van der Waals surface area contributed by atoms with E-state index < -0.39 is 11.7 Å². The minimum Gasteiger partial charge on any atom is -0.321 e. The zero-order valence-electron chi connectivity index (χ0n) is 8.60. The van der Waals surface area contributed by atoms with Crippen LogP contribution >= 0.6 is 11.6 Å². The zero-order valence-corrected chi connectivity index (χ0v) is 9.36. The highest BCUT2D eigenvalue weighted by Gasteiger charge is 2.12. The van der Waals surface area contributed by atoms with E-state index in [9.17, 15) is 9.18 Å². The lowest BCUT2D eigenvalue weighted by Crippen LogP contribution is -2.16. The van der Waals surface area contributed by atoms with Crippen LogP contribution in [0.3, 0.4) is 0 Å². The van der Waals surface area contributed by atoms with Gasteiger partial charge in [0.15, 0.2) is 0 Å². The third kappa shape index (κ3) is 2.42. The van der Waals surface area contributed by atoms with Crippen LogP contribution < -0.4 is 5.32 Å². The number of halogens is 2. The first-order valence-electron chi connectivity index (χ1n) is 4.71. The highest BCUT2D eigenvalue weighted by molar-refractivity contribution is 6.29. The van der Waals surface area contributed by atoms with E-state index in [0.717, 1.165) is 0 Å². The number of aromatic nitrogens is 3. The molecule has 1 aromatic heterocycles. The van der Waals surface area contributed by atoms with Gasteiger partial charge in [-0.25, -0.2) is 14.1 Å². The van der Waals surface area contributed by atoms with Crippen LogP contribution in [0.25, 0.3) is 5.69 Å². The Labute approximate surface area is 101 Å². The number of hydrogen-bond donors (Lipinski definition) is 1. The summed E-state index contributed by atoms with van der Waals surface area (Å²) in [6.45, 7) is 0. The van der Waals surface area contributed by atoms with E-state index in [1.807, 2.05) is 0 Å². The second kappa shape index (κ2) is 4.92. The van der Waals surface area contributed by atoms with Gasteiger partial charge in [0.2, 0.25) is 5.91 Å².